The largest absolute Gasteiger partial charge is 0.486 e. The zero-order valence-corrected chi connectivity index (χ0v) is 18.7. The minimum Gasteiger partial charge on any atom is -0.486 e. The van der Waals surface area contributed by atoms with Gasteiger partial charge >= 0.3 is 0 Å². The molecule has 0 aromatic heterocycles. The van der Waals surface area contributed by atoms with Crippen molar-refractivity contribution in [3.8, 4) is 11.5 Å². The lowest BCUT2D eigenvalue weighted by Gasteiger charge is -2.21. The molecule has 1 aliphatic heterocycles. The number of aryl methyl sites for hydroxylation is 2. The summed E-state index contributed by atoms with van der Waals surface area (Å²) in [6, 6.07) is 16.8. The second-order valence-corrected chi connectivity index (χ2v) is 9.24. The molecule has 0 atom stereocenters. The van der Waals surface area contributed by atoms with Gasteiger partial charge in [0, 0.05) is 23.4 Å². The molecule has 0 unspecified atom stereocenters. The van der Waals surface area contributed by atoms with E-state index in [1.54, 1.807) is 42.5 Å². The predicted molar refractivity (Wildman–Crippen MR) is 122 cm³/mol. The topological polar surface area (TPSA) is 93.7 Å². The highest BCUT2D eigenvalue weighted by Crippen LogP contribution is 2.33. The van der Waals surface area contributed by atoms with Crippen molar-refractivity contribution in [1.82, 2.24) is 5.32 Å². The monoisotopic (exact) mass is 452 g/mol. The molecule has 3 aromatic rings. The van der Waals surface area contributed by atoms with Crippen LogP contribution in [0.25, 0.3) is 0 Å². The highest BCUT2D eigenvalue weighted by molar-refractivity contribution is 7.92. The van der Waals surface area contributed by atoms with E-state index in [-0.39, 0.29) is 17.3 Å². The third kappa shape index (κ3) is 4.70. The lowest BCUT2D eigenvalue weighted by Crippen LogP contribution is -2.24. The SMILES string of the molecule is Cc1ccc(S(=O)(=O)Nc2ccc(C(=O)NCc3cccc4c3OCCO4)cc2)cc1C. The van der Waals surface area contributed by atoms with Gasteiger partial charge in [-0.1, -0.05) is 18.2 Å². The summed E-state index contributed by atoms with van der Waals surface area (Å²) in [5.74, 6) is 1.04. The van der Waals surface area contributed by atoms with E-state index in [4.69, 9.17) is 9.47 Å². The molecule has 0 spiro atoms. The average Bonchev–Trinajstić information content (AvgIpc) is 2.79. The summed E-state index contributed by atoms with van der Waals surface area (Å²) in [7, 11) is -3.72. The van der Waals surface area contributed by atoms with Crippen LogP contribution in [0.2, 0.25) is 0 Å². The number of anilines is 1. The Balaban J connectivity index is 1.41. The van der Waals surface area contributed by atoms with E-state index in [1.807, 2.05) is 32.0 Å². The van der Waals surface area contributed by atoms with Crippen LogP contribution >= 0.6 is 0 Å². The first-order valence-electron chi connectivity index (χ1n) is 10.2. The molecular weight excluding hydrogens is 428 g/mol. The number of sulfonamides is 1. The van der Waals surface area contributed by atoms with Gasteiger partial charge in [-0.2, -0.15) is 0 Å². The van der Waals surface area contributed by atoms with Crippen LogP contribution in [-0.4, -0.2) is 27.5 Å². The number of fused-ring (bicyclic) bond motifs is 1. The van der Waals surface area contributed by atoms with E-state index in [2.05, 4.69) is 10.0 Å². The van der Waals surface area contributed by atoms with E-state index in [0.717, 1.165) is 16.7 Å². The number of nitrogens with one attached hydrogen (secondary N) is 2. The van der Waals surface area contributed by atoms with Crippen LogP contribution in [0.3, 0.4) is 0 Å². The summed E-state index contributed by atoms with van der Waals surface area (Å²) in [6.45, 7) is 5.05. The molecule has 32 heavy (non-hydrogen) atoms. The molecule has 0 saturated carbocycles. The lowest BCUT2D eigenvalue weighted by molar-refractivity contribution is 0.0950. The highest BCUT2D eigenvalue weighted by Gasteiger charge is 2.17. The van der Waals surface area contributed by atoms with Crippen molar-refractivity contribution in [2.45, 2.75) is 25.3 Å². The van der Waals surface area contributed by atoms with Crippen LogP contribution in [0.5, 0.6) is 11.5 Å². The zero-order chi connectivity index (χ0) is 22.7. The van der Waals surface area contributed by atoms with Gasteiger partial charge in [0.2, 0.25) is 0 Å². The third-order valence-corrected chi connectivity index (χ3v) is 6.65. The Labute approximate surface area is 187 Å². The Bertz CT molecular complexity index is 1250. The van der Waals surface area contributed by atoms with Crippen LogP contribution in [-0.2, 0) is 16.6 Å². The Morgan fingerprint density at radius 1 is 0.938 bits per heavy atom. The van der Waals surface area contributed by atoms with Gasteiger partial charge in [0.25, 0.3) is 15.9 Å². The van der Waals surface area contributed by atoms with Gasteiger partial charge in [-0.3, -0.25) is 9.52 Å². The summed E-state index contributed by atoms with van der Waals surface area (Å²) >= 11 is 0. The first-order valence-corrected chi connectivity index (χ1v) is 11.7. The van der Waals surface area contributed by atoms with E-state index in [0.29, 0.717) is 36.0 Å². The first-order chi connectivity index (χ1) is 15.3. The molecule has 1 heterocycles. The van der Waals surface area contributed by atoms with Crippen molar-refractivity contribution in [2.24, 2.45) is 0 Å². The fourth-order valence-electron chi connectivity index (χ4n) is 3.34. The lowest BCUT2D eigenvalue weighted by atomic mass is 10.1. The van der Waals surface area contributed by atoms with Gasteiger partial charge in [0.05, 0.1) is 4.90 Å². The maximum absolute atomic E-state index is 12.6. The number of carbonyl (C=O) groups excluding carboxylic acids is 1. The van der Waals surface area contributed by atoms with Crippen molar-refractivity contribution >= 4 is 21.6 Å². The normalized spacial score (nSPS) is 12.8. The van der Waals surface area contributed by atoms with E-state index in [9.17, 15) is 13.2 Å². The van der Waals surface area contributed by atoms with Crippen LogP contribution in [0.15, 0.2) is 65.6 Å². The van der Waals surface area contributed by atoms with Gasteiger partial charge in [-0.15, -0.1) is 0 Å². The molecule has 1 amide bonds. The minimum atomic E-state index is -3.72. The highest BCUT2D eigenvalue weighted by atomic mass is 32.2. The Morgan fingerprint density at radius 2 is 1.69 bits per heavy atom. The first kappa shape index (κ1) is 21.7. The second-order valence-electron chi connectivity index (χ2n) is 7.55. The third-order valence-electron chi connectivity index (χ3n) is 5.28. The maximum Gasteiger partial charge on any atom is 0.261 e. The molecule has 3 aromatic carbocycles. The van der Waals surface area contributed by atoms with E-state index >= 15 is 0 Å². The number of carbonyl (C=O) groups is 1. The van der Waals surface area contributed by atoms with Crippen LogP contribution in [0.4, 0.5) is 5.69 Å². The van der Waals surface area contributed by atoms with Crippen LogP contribution < -0.4 is 19.5 Å². The average molecular weight is 453 g/mol. The number of para-hydroxylation sites is 1. The molecule has 7 nitrogen and oxygen atoms in total. The Kier molecular flexibility index (Phi) is 6.05. The standard InChI is InChI=1S/C24H24N2O5S/c1-16-6-11-21(14-17(16)2)32(28,29)26-20-9-7-18(8-10-20)24(27)25-15-19-4-3-5-22-23(19)31-13-12-30-22/h3-11,14,26H,12-13,15H2,1-2H3,(H,25,27). The molecule has 0 bridgehead atoms. The van der Waals surface area contributed by atoms with E-state index < -0.39 is 10.0 Å². The fourth-order valence-corrected chi connectivity index (χ4v) is 4.48. The van der Waals surface area contributed by atoms with Gasteiger partial charge in [-0.05, 0) is 67.4 Å². The Morgan fingerprint density at radius 3 is 2.44 bits per heavy atom. The molecule has 1 aliphatic rings. The van der Waals surface area contributed by atoms with Crippen LogP contribution in [0.1, 0.15) is 27.0 Å². The molecule has 2 N–H and O–H groups in total. The van der Waals surface area contributed by atoms with Crippen molar-refractivity contribution in [3.63, 3.8) is 0 Å². The maximum atomic E-state index is 12.6. The molecule has 0 aliphatic carbocycles. The molecule has 4 rings (SSSR count). The number of amides is 1. The molecule has 166 valence electrons. The van der Waals surface area contributed by atoms with Crippen molar-refractivity contribution < 1.29 is 22.7 Å². The van der Waals surface area contributed by atoms with Gasteiger partial charge < -0.3 is 14.8 Å². The number of rotatable bonds is 6. The molecule has 8 heteroatoms. The Hall–Kier alpha value is -3.52. The van der Waals surface area contributed by atoms with Crippen LogP contribution in [0, 0.1) is 13.8 Å². The summed E-state index contributed by atoms with van der Waals surface area (Å²) in [6.07, 6.45) is 0. The van der Waals surface area contributed by atoms with Crippen molar-refractivity contribution in [1.29, 1.82) is 0 Å². The van der Waals surface area contributed by atoms with Crippen molar-refractivity contribution in [3.05, 3.63) is 82.9 Å². The smallest absolute Gasteiger partial charge is 0.261 e. The van der Waals surface area contributed by atoms with Crippen molar-refractivity contribution in [2.75, 3.05) is 17.9 Å². The van der Waals surface area contributed by atoms with Gasteiger partial charge in [0.15, 0.2) is 11.5 Å². The summed E-state index contributed by atoms with van der Waals surface area (Å²) in [5, 5.41) is 2.86. The molecule has 0 saturated heterocycles. The molecular formula is C24H24N2O5S. The van der Waals surface area contributed by atoms with Gasteiger partial charge in [0.1, 0.15) is 13.2 Å². The number of ether oxygens (including phenoxy) is 2. The van der Waals surface area contributed by atoms with E-state index in [1.165, 1.54) is 0 Å². The fraction of sp³-hybridized carbons (Fsp3) is 0.208. The summed E-state index contributed by atoms with van der Waals surface area (Å²) < 4.78 is 39.1. The van der Waals surface area contributed by atoms with Gasteiger partial charge in [-0.25, -0.2) is 8.42 Å². The number of benzene rings is 3. The predicted octanol–water partition coefficient (Wildman–Crippen LogP) is 3.81. The minimum absolute atomic E-state index is 0.194. The molecule has 0 radical (unpaired) electrons. The number of hydrogen-bond donors (Lipinski definition) is 2. The summed E-state index contributed by atoms with van der Waals surface area (Å²) in [4.78, 5) is 12.7. The quantitative estimate of drug-likeness (QED) is 0.593. The molecule has 0 fully saturated rings. The second kappa shape index (κ2) is 8.92. The zero-order valence-electron chi connectivity index (χ0n) is 17.8. The number of hydrogen-bond acceptors (Lipinski definition) is 5. The summed E-state index contributed by atoms with van der Waals surface area (Å²) in [5.41, 5.74) is 3.54.